The molecule has 0 aromatic heterocycles. The molecule has 20 heavy (non-hydrogen) atoms. The van der Waals surface area contributed by atoms with Crippen LogP contribution in [0.2, 0.25) is 0 Å². The van der Waals surface area contributed by atoms with Crippen LogP contribution < -0.4 is 0 Å². The first kappa shape index (κ1) is 15.4. The van der Waals surface area contributed by atoms with Crippen molar-refractivity contribution in [3.63, 3.8) is 0 Å². The van der Waals surface area contributed by atoms with Crippen molar-refractivity contribution in [1.29, 1.82) is 0 Å². The lowest BCUT2D eigenvalue weighted by molar-refractivity contribution is 0.0980. The zero-order valence-corrected chi connectivity index (χ0v) is 12.9. The Kier molecular flexibility index (Phi) is 5.49. The van der Waals surface area contributed by atoms with E-state index in [0.29, 0.717) is 24.7 Å². The number of ether oxygens (including phenoxy) is 1. The molecule has 1 aromatic carbocycles. The lowest BCUT2D eigenvalue weighted by atomic mass is 10.0. The first-order chi connectivity index (χ1) is 9.58. The van der Waals surface area contributed by atoms with E-state index < -0.39 is 10.8 Å². The van der Waals surface area contributed by atoms with Crippen molar-refractivity contribution >= 4 is 16.6 Å². The minimum Gasteiger partial charge on any atom is -0.381 e. The maximum atomic E-state index is 12.2. The third-order valence-electron chi connectivity index (χ3n) is 3.71. The summed E-state index contributed by atoms with van der Waals surface area (Å²) in [6, 6.07) is 7.65. The summed E-state index contributed by atoms with van der Waals surface area (Å²) in [6.07, 6.45) is 1.60. The lowest BCUT2D eigenvalue weighted by Crippen LogP contribution is -2.28. The molecule has 0 spiro atoms. The van der Waals surface area contributed by atoms with Gasteiger partial charge in [0.15, 0.2) is 5.78 Å². The SMILES string of the molecule is CC(C)c1ccc(C(=O)CS(=O)C2CCOCC2)cc1. The summed E-state index contributed by atoms with van der Waals surface area (Å²) in [5.41, 5.74) is 1.88. The molecule has 1 atom stereocenters. The van der Waals surface area contributed by atoms with E-state index in [0.717, 1.165) is 12.8 Å². The van der Waals surface area contributed by atoms with Crippen LogP contribution in [0.25, 0.3) is 0 Å². The average molecular weight is 294 g/mol. The van der Waals surface area contributed by atoms with E-state index >= 15 is 0 Å². The average Bonchev–Trinajstić information content (AvgIpc) is 2.48. The molecular weight excluding hydrogens is 272 g/mol. The Morgan fingerprint density at radius 3 is 2.40 bits per heavy atom. The predicted octanol–water partition coefficient (Wildman–Crippen LogP) is 2.92. The van der Waals surface area contributed by atoms with E-state index in [4.69, 9.17) is 4.74 Å². The van der Waals surface area contributed by atoms with Crippen LogP contribution in [0, 0.1) is 0 Å². The van der Waals surface area contributed by atoms with Crippen LogP contribution in [0.1, 0.15) is 48.5 Å². The number of hydrogen-bond acceptors (Lipinski definition) is 3. The number of ketones is 1. The second-order valence-electron chi connectivity index (χ2n) is 5.54. The molecule has 0 saturated carbocycles. The van der Waals surface area contributed by atoms with Gasteiger partial charge in [-0.2, -0.15) is 0 Å². The summed E-state index contributed by atoms with van der Waals surface area (Å²) in [4.78, 5) is 12.2. The van der Waals surface area contributed by atoms with Gasteiger partial charge in [-0.25, -0.2) is 0 Å². The number of hydrogen-bond donors (Lipinski definition) is 0. The van der Waals surface area contributed by atoms with E-state index in [1.165, 1.54) is 5.56 Å². The quantitative estimate of drug-likeness (QED) is 0.784. The second-order valence-corrected chi connectivity index (χ2v) is 7.25. The number of carbonyl (C=O) groups excluding carboxylic acids is 1. The fourth-order valence-corrected chi connectivity index (χ4v) is 3.70. The van der Waals surface area contributed by atoms with Gasteiger partial charge in [0.25, 0.3) is 0 Å². The van der Waals surface area contributed by atoms with Crippen molar-refractivity contribution in [2.45, 2.75) is 37.9 Å². The van der Waals surface area contributed by atoms with Crippen LogP contribution in [0.15, 0.2) is 24.3 Å². The van der Waals surface area contributed by atoms with Crippen LogP contribution in [-0.4, -0.2) is 34.2 Å². The molecule has 1 aliphatic heterocycles. The second kappa shape index (κ2) is 7.14. The molecule has 1 heterocycles. The minimum absolute atomic E-state index is 0.0230. The molecule has 1 aromatic rings. The first-order valence-corrected chi connectivity index (χ1v) is 8.54. The van der Waals surface area contributed by atoms with Crippen molar-refractivity contribution in [3.8, 4) is 0 Å². The summed E-state index contributed by atoms with van der Waals surface area (Å²) >= 11 is 0. The van der Waals surface area contributed by atoms with Crippen LogP contribution in [0.4, 0.5) is 0 Å². The molecule has 1 aliphatic rings. The zero-order chi connectivity index (χ0) is 14.5. The fourth-order valence-electron chi connectivity index (χ4n) is 2.32. The first-order valence-electron chi connectivity index (χ1n) is 7.16. The molecular formula is C16H22O3S. The predicted molar refractivity (Wildman–Crippen MR) is 81.7 cm³/mol. The smallest absolute Gasteiger partial charge is 0.175 e. The summed E-state index contributed by atoms with van der Waals surface area (Å²) in [7, 11) is -1.08. The van der Waals surface area contributed by atoms with Crippen molar-refractivity contribution in [1.82, 2.24) is 0 Å². The zero-order valence-electron chi connectivity index (χ0n) is 12.1. The highest BCUT2D eigenvalue weighted by molar-refractivity contribution is 7.86. The highest BCUT2D eigenvalue weighted by atomic mass is 32.2. The summed E-state index contributed by atoms with van der Waals surface area (Å²) < 4.78 is 17.4. The lowest BCUT2D eigenvalue weighted by Gasteiger charge is -2.21. The third kappa shape index (κ3) is 4.00. The monoisotopic (exact) mass is 294 g/mol. The molecule has 1 fully saturated rings. The standard InChI is InChI=1S/C16H22O3S/c1-12(2)13-3-5-14(6-4-13)16(17)11-20(18)15-7-9-19-10-8-15/h3-6,12,15H,7-11H2,1-2H3. The van der Waals surface area contributed by atoms with E-state index in [9.17, 15) is 9.00 Å². The molecule has 2 rings (SSSR count). The Hall–Kier alpha value is -1.00. The van der Waals surface area contributed by atoms with Gasteiger partial charge in [-0.3, -0.25) is 9.00 Å². The Labute approximate surface area is 123 Å². The molecule has 0 radical (unpaired) electrons. The fraction of sp³-hybridized carbons (Fsp3) is 0.562. The number of rotatable bonds is 5. The Bertz CT molecular complexity index is 473. The van der Waals surface area contributed by atoms with Gasteiger partial charge in [-0.15, -0.1) is 0 Å². The molecule has 1 unspecified atom stereocenters. The number of carbonyl (C=O) groups is 1. The largest absolute Gasteiger partial charge is 0.381 e. The normalized spacial score (nSPS) is 18.1. The van der Waals surface area contributed by atoms with Crippen molar-refractivity contribution in [2.75, 3.05) is 19.0 Å². The maximum Gasteiger partial charge on any atom is 0.175 e. The van der Waals surface area contributed by atoms with Gasteiger partial charge in [-0.05, 0) is 24.3 Å². The highest BCUT2D eigenvalue weighted by Gasteiger charge is 2.22. The Morgan fingerprint density at radius 1 is 1.25 bits per heavy atom. The van der Waals surface area contributed by atoms with Crippen LogP contribution in [-0.2, 0) is 15.5 Å². The van der Waals surface area contributed by atoms with Gasteiger partial charge in [0.2, 0.25) is 0 Å². The topological polar surface area (TPSA) is 43.4 Å². The van der Waals surface area contributed by atoms with E-state index in [2.05, 4.69) is 13.8 Å². The van der Waals surface area contributed by atoms with Gasteiger partial charge in [-0.1, -0.05) is 38.1 Å². The number of benzene rings is 1. The molecule has 4 heteroatoms. The minimum atomic E-state index is -1.08. The van der Waals surface area contributed by atoms with E-state index in [1.807, 2.05) is 24.3 Å². The third-order valence-corrected chi connectivity index (χ3v) is 5.47. The van der Waals surface area contributed by atoms with Crippen molar-refractivity contribution < 1.29 is 13.7 Å². The summed E-state index contributed by atoms with van der Waals surface area (Å²) in [5, 5.41) is 0.114. The molecule has 3 nitrogen and oxygen atoms in total. The highest BCUT2D eigenvalue weighted by Crippen LogP contribution is 2.17. The Morgan fingerprint density at radius 2 is 1.85 bits per heavy atom. The molecule has 0 amide bonds. The van der Waals surface area contributed by atoms with Crippen molar-refractivity contribution in [2.24, 2.45) is 0 Å². The molecule has 1 saturated heterocycles. The molecule has 0 aliphatic carbocycles. The molecule has 0 N–H and O–H groups in total. The summed E-state index contributed by atoms with van der Waals surface area (Å²) in [6.45, 7) is 5.56. The van der Waals surface area contributed by atoms with Crippen LogP contribution >= 0.6 is 0 Å². The van der Waals surface area contributed by atoms with Gasteiger partial charge < -0.3 is 4.74 Å². The van der Waals surface area contributed by atoms with Gasteiger partial charge >= 0.3 is 0 Å². The van der Waals surface area contributed by atoms with Crippen LogP contribution in [0.5, 0.6) is 0 Å². The van der Waals surface area contributed by atoms with E-state index in [1.54, 1.807) is 0 Å². The van der Waals surface area contributed by atoms with Gasteiger partial charge in [0.1, 0.15) is 0 Å². The number of Topliss-reactive ketones (excluding diaryl/α,β-unsaturated/α-hetero) is 1. The Balaban J connectivity index is 1.95. The molecule has 110 valence electrons. The van der Waals surface area contributed by atoms with Gasteiger partial charge in [0, 0.05) is 34.8 Å². The molecule has 0 bridgehead atoms. The van der Waals surface area contributed by atoms with Gasteiger partial charge in [0.05, 0.1) is 5.75 Å². The van der Waals surface area contributed by atoms with Crippen molar-refractivity contribution in [3.05, 3.63) is 35.4 Å². The summed E-state index contributed by atoms with van der Waals surface area (Å²) in [5.74, 6) is 0.562. The van der Waals surface area contributed by atoms with Crippen LogP contribution in [0.3, 0.4) is 0 Å². The maximum absolute atomic E-state index is 12.2. The van der Waals surface area contributed by atoms with E-state index in [-0.39, 0.29) is 16.8 Å².